The quantitative estimate of drug-likeness (QED) is 0.770. The van der Waals surface area contributed by atoms with E-state index < -0.39 is 0 Å². The van der Waals surface area contributed by atoms with Crippen LogP contribution < -0.4 is 5.32 Å². The van der Waals surface area contributed by atoms with Crippen molar-refractivity contribution in [3.63, 3.8) is 0 Å². The predicted molar refractivity (Wildman–Crippen MR) is 68.3 cm³/mol. The Morgan fingerprint density at radius 2 is 2.12 bits per heavy atom. The van der Waals surface area contributed by atoms with Crippen LogP contribution in [0.25, 0.3) is 0 Å². The Hall–Kier alpha value is -0.830. The molecule has 1 heterocycles. The number of aromatic nitrogens is 2. The highest BCUT2D eigenvalue weighted by Crippen LogP contribution is 2.06. The molecule has 92 valence electrons. The van der Waals surface area contributed by atoms with Crippen LogP contribution in [-0.2, 0) is 13.1 Å². The molecule has 0 saturated heterocycles. The molecule has 0 amide bonds. The normalized spacial score (nSPS) is 13.3. The molecule has 16 heavy (non-hydrogen) atoms. The van der Waals surface area contributed by atoms with E-state index in [1.54, 1.807) is 0 Å². The van der Waals surface area contributed by atoms with E-state index in [4.69, 9.17) is 0 Å². The molecule has 0 saturated carbocycles. The van der Waals surface area contributed by atoms with Gasteiger partial charge in [0, 0.05) is 25.3 Å². The average molecular weight is 223 g/mol. The van der Waals surface area contributed by atoms with E-state index in [0.717, 1.165) is 25.4 Å². The summed E-state index contributed by atoms with van der Waals surface area (Å²) >= 11 is 0. The fourth-order valence-electron chi connectivity index (χ4n) is 2.01. The number of rotatable bonds is 7. The van der Waals surface area contributed by atoms with Crippen LogP contribution >= 0.6 is 0 Å². The van der Waals surface area contributed by atoms with Gasteiger partial charge in [-0.25, -0.2) is 4.98 Å². The van der Waals surface area contributed by atoms with Gasteiger partial charge in [0.05, 0.1) is 12.0 Å². The van der Waals surface area contributed by atoms with Crippen LogP contribution in [0.15, 0.2) is 12.5 Å². The van der Waals surface area contributed by atoms with Crippen molar-refractivity contribution < 1.29 is 0 Å². The first kappa shape index (κ1) is 13.2. The average Bonchev–Trinajstić information content (AvgIpc) is 2.62. The van der Waals surface area contributed by atoms with Crippen molar-refractivity contribution in [1.29, 1.82) is 0 Å². The Balaban J connectivity index is 2.38. The maximum atomic E-state index is 4.20. The minimum absolute atomic E-state index is 0.574. The molecule has 1 N–H and O–H groups in total. The van der Waals surface area contributed by atoms with Crippen LogP contribution in [0.2, 0.25) is 0 Å². The largest absolute Gasteiger partial charge is 0.333 e. The monoisotopic (exact) mass is 223 g/mol. The zero-order valence-corrected chi connectivity index (χ0v) is 11.0. The number of nitrogens with zero attached hydrogens (tertiary/aromatic N) is 2. The highest BCUT2D eigenvalue weighted by Gasteiger charge is 2.06. The molecule has 0 spiro atoms. The first-order valence-corrected chi connectivity index (χ1v) is 6.35. The molecule has 0 radical (unpaired) electrons. The van der Waals surface area contributed by atoms with Crippen LogP contribution in [0.5, 0.6) is 0 Å². The Morgan fingerprint density at radius 3 is 2.75 bits per heavy atom. The Morgan fingerprint density at radius 1 is 1.38 bits per heavy atom. The smallest absolute Gasteiger partial charge is 0.0948 e. The summed E-state index contributed by atoms with van der Waals surface area (Å²) < 4.78 is 2.23. The van der Waals surface area contributed by atoms with Gasteiger partial charge in [-0.05, 0) is 25.7 Å². The molecule has 0 aliphatic rings. The van der Waals surface area contributed by atoms with Crippen molar-refractivity contribution in [3.8, 4) is 0 Å². The molecule has 0 fully saturated rings. The highest BCUT2D eigenvalue weighted by atomic mass is 15.1. The molecule has 0 aromatic carbocycles. The molecule has 1 rings (SSSR count). The Labute approximate surface area is 99.3 Å². The van der Waals surface area contributed by atoms with Crippen molar-refractivity contribution >= 4 is 0 Å². The summed E-state index contributed by atoms with van der Waals surface area (Å²) in [4.78, 5) is 4.20. The first-order chi connectivity index (χ1) is 7.63. The summed E-state index contributed by atoms with van der Waals surface area (Å²) in [5.41, 5.74) is 1.29. The van der Waals surface area contributed by atoms with Crippen molar-refractivity contribution in [3.05, 3.63) is 18.2 Å². The van der Waals surface area contributed by atoms with E-state index in [2.05, 4.69) is 42.6 Å². The highest BCUT2D eigenvalue weighted by molar-refractivity contribution is 4.98. The van der Waals surface area contributed by atoms with Crippen molar-refractivity contribution in [2.75, 3.05) is 0 Å². The van der Waals surface area contributed by atoms with Crippen molar-refractivity contribution in [2.24, 2.45) is 5.92 Å². The zero-order valence-electron chi connectivity index (χ0n) is 11.0. The molecule has 1 aromatic heterocycles. The Kier molecular flexibility index (Phi) is 5.53. The van der Waals surface area contributed by atoms with Crippen LogP contribution in [0.1, 0.15) is 46.2 Å². The fourth-order valence-corrected chi connectivity index (χ4v) is 2.01. The number of nitrogens with one attached hydrogen (secondary N) is 1. The van der Waals surface area contributed by atoms with E-state index in [9.17, 15) is 0 Å². The summed E-state index contributed by atoms with van der Waals surface area (Å²) in [6.45, 7) is 11.0. The van der Waals surface area contributed by atoms with Gasteiger partial charge in [-0.15, -0.1) is 0 Å². The molecule has 0 aliphatic heterocycles. The van der Waals surface area contributed by atoms with E-state index in [-0.39, 0.29) is 0 Å². The van der Waals surface area contributed by atoms with E-state index in [1.807, 2.05) is 12.5 Å². The topological polar surface area (TPSA) is 29.9 Å². The number of hydrogen-bond donors (Lipinski definition) is 1. The molecule has 0 aliphatic carbocycles. The van der Waals surface area contributed by atoms with E-state index in [1.165, 1.54) is 12.1 Å². The lowest BCUT2D eigenvalue weighted by Crippen LogP contribution is -2.27. The van der Waals surface area contributed by atoms with E-state index >= 15 is 0 Å². The minimum atomic E-state index is 0.574. The van der Waals surface area contributed by atoms with Crippen LogP contribution in [0.3, 0.4) is 0 Å². The summed E-state index contributed by atoms with van der Waals surface area (Å²) in [6, 6.07) is 0.574. The molecule has 3 nitrogen and oxygen atoms in total. The standard InChI is InChI=1S/C13H25N3/c1-5-6-16-10-14-8-13(16)9-15-12(4)7-11(2)3/h8,10-12,15H,5-7,9H2,1-4H3. The molecule has 3 heteroatoms. The molecule has 1 aromatic rings. The molecular formula is C13H25N3. The van der Waals surface area contributed by atoms with Crippen LogP contribution in [-0.4, -0.2) is 15.6 Å². The van der Waals surface area contributed by atoms with Gasteiger partial charge in [0.25, 0.3) is 0 Å². The summed E-state index contributed by atoms with van der Waals surface area (Å²) in [6.07, 6.45) is 6.27. The van der Waals surface area contributed by atoms with Gasteiger partial charge in [-0.2, -0.15) is 0 Å². The maximum Gasteiger partial charge on any atom is 0.0948 e. The molecular weight excluding hydrogens is 198 g/mol. The minimum Gasteiger partial charge on any atom is -0.333 e. The molecule has 1 unspecified atom stereocenters. The van der Waals surface area contributed by atoms with E-state index in [0.29, 0.717) is 6.04 Å². The lowest BCUT2D eigenvalue weighted by atomic mass is 10.1. The third-order valence-electron chi connectivity index (χ3n) is 2.72. The Bertz CT molecular complexity index is 291. The third-order valence-corrected chi connectivity index (χ3v) is 2.72. The van der Waals surface area contributed by atoms with Gasteiger partial charge in [0.2, 0.25) is 0 Å². The van der Waals surface area contributed by atoms with Gasteiger partial charge in [0.15, 0.2) is 0 Å². The number of aryl methyl sites for hydroxylation is 1. The van der Waals surface area contributed by atoms with Gasteiger partial charge in [-0.1, -0.05) is 20.8 Å². The lowest BCUT2D eigenvalue weighted by Gasteiger charge is -2.16. The number of hydrogen-bond acceptors (Lipinski definition) is 2. The summed E-state index contributed by atoms with van der Waals surface area (Å²) in [7, 11) is 0. The lowest BCUT2D eigenvalue weighted by molar-refractivity contribution is 0.434. The SMILES string of the molecule is CCCn1cncc1CNC(C)CC(C)C. The second-order valence-corrected chi connectivity index (χ2v) is 4.99. The maximum absolute atomic E-state index is 4.20. The second-order valence-electron chi connectivity index (χ2n) is 4.99. The van der Waals surface area contributed by atoms with Gasteiger partial charge in [0.1, 0.15) is 0 Å². The van der Waals surface area contributed by atoms with Crippen molar-refractivity contribution in [2.45, 2.75) is 59.7 Å². The molecule has 0 bridgehead atoms. The second kappa shape index (κ2) is 6.69. The fraction of sp³-hybridized carbons (Fsp3) is 0.769. The molecule has 1 atom stereocenters. The van der Waals surface area contributed by atoms with Gasteiger partial charge >= 0.3 is 0 Å². The summed E-state index contributed by atoms with van der Waals surface area (Å²) in [5.74, 6) is 0.753. The first-order valence-electron chi connectivity index (χ1n) is 6.35. The number of imidazole rings is 1. The third kappa shape index (κ3) is 4.35. The van der Waals surface area contributed by atoms with Crippen molar-refractivity contribution in [1.82, 2.24) is 14.9 Å². The predicted octanol–water partition coefficient (Wildman–Crippen LogP) is 2.82. The van der Waals surface area contributed by atoms with Crippen LogP contribution in [0.4, 0.5) is 0 Å². The van der Waals surface area contributed by atoms with Gasteiger partial charge in [-0.3, -0.25) is 0 Å². The van der Waals surface area contributed by atoms with Crippen LogP contribution in [0, 0.1) is 5.92 Å². The van der Waals surface area contributed by atoms with Gasteiger partial charge < -0.3 is 9.88 Å². The zero-order chi connectivity index (χ0) is 12.0. The summed E-state index contributed by atoms with van der Waals surface area (Å²) in [5, 5.41) is 3.55.